The maximum atomic E-state index is 12.2. The number of sulfonamides is 1. The number of imidazole rings is 1. The van der Waals surface area contributed by atoms with Crippen molar-refractivity contribution < 1.29 is 13.2 Å². The minimum absolute atomic E-state index is 0.0439. The molecule has 0 aliphatic carbocycles. The summed E-state index contributed by atoms with van der Waals surface area (Å²) >= 11 is 5.88. The molecule has 0 fully saturated rings. The van der Waals surface area contributed by atoms with E-state index >= 15 is 0 Å². The van der Waals surface area contributed by atoms with Gasteiger partial charge in [-0.2, -0.15) is 8.42 Å². The van der Waals surface area contributed by atoms with Crippen molar-refractivity contribution >= 4 is 27.3 Å². The highest BCUT2D eigenvalue weighted by molar-refractivity contribution is 7.92. The highest BCUT2D eigenvalue weighted by Crippen LogP contribution is 2.27. The van der Waals surface area contributed by atoms with E-state index in [4.69, 9.17) is 16.3 Å². The quantitative estimate of drug-likeness (QED) is 0.936. The third-order valence-corrected chi connectivity index (χ3v) is 4.29. The van der Waals surface area contributed by atoms with Gasteiger partial charge in [-0.3, -0.25) is 4.72 Å². The molecule has 1 aromatic carbocycles. The van der Waals surface area contributed by atoms with Crippen LogP contribution in [0.3, 0.4) is 0 Å². The molecule has 8 heteroatoms. The molecule has 0 saturated carbocycles. The first-order valence-corrected chi connectivity index (χ1v) is 7.14. The Balaban J connectivity index is 2.39. The Labute approximate surface area is 116 Å². The summed E-state index contributed by atoms with van der Waals surface area (Å²) in [6, 6.07) is 6.68. The van der Waals surface area contributed by atoms with Gasteiger partial charge in [-0.15, -0.1) is 0 Å². The van der Waals surface area contributed by atoms with Gasteiger partial charge in [0, 0.05) is 7.05 Å². The van der Waals surface area contributed by atoms with Gasteiger partial charge in [-0.05, 0) is 12.1 Å². The first-order chi connectivity index (χ1) is 8.95. The average Bonchev–Trinajstić information content (AvgIpc) is 2.71. The molecule has 1 aromatic heterocycles. The number of methoxy groups -OCH3 is 1. The zero-order valence-electron chi connectivity index (χ0n) is 10.3. The summed E-state index contributed by atoms with van der Waals surface area (Å²) < 4.78 is 33.2. The van der Waals surface area contributed by atoms with Crippen LogP contribution < -0.4 is 9.46 Å². The monoisotopic (exact) mass is 301 g/mol. The summed E-state index contributed by atoms with van der Waals surface area (Å²) in [5.74, 6) is 0.415. The molecule has 0 unspecified atom stereocenters. The molecule has 0 radical (unpaired) electrons. The molecule has 19 heavy (non-hydrogen) atoms. The Hall–Kier alpha value is -1.73. The van der Waals surface area contributed by atoms with Gasteiger partial charge in [-0.1, -0.05) is 23.7 Å². The van der Waals surface area contributed by atoms with Crippen molar-refractivity contribution in [1.29, 1.82) is 0 Å². The van der Waals surface area contributed by atoms with Crippen LogP contribution in [0.2, 0.25) is 5.15 Å². The third kappa shape index (κ3) is 2.66. The smallest absolute Gasteiger partial charge is 0.282 e. The molecular weight excluding hydrogens is 290 g/mol. The summed E-state index contributed by atoms with van der Waals surface area (Å²) in [7, 11) is -0.782. The number of nitrogens with zero attached hydrogens (tertiary/aromatic N) is 2. The van der Waals surface area contributed by atoms with E-state index in [9.17, 15) is 8.42 Å². The summed E-state index contributed by atoms with van der Waals surface area (Å²) in [4.78, 5) is 3.78. The molecule has 0 amide bonds. The van der Waals surface area contributed by atoms with E-state index < -0.39 is 10.0 Å². The minimum Gasteiger partial charge on any atom is -0.495 e. The van der Waals surface area contributed by atoms with Gasteiger partial charge in [0.15, 0.2) is 0 Å². The summed E-state index contributed by atoms with van der Waals surface area (Å²) in [6.45, 7) is 0. The number of aromatic nitrogens is 2. The maximum absolute atomic E-state index is 12.2. The number of rotatable bonds is 4. The van der Waals surface area contributed by atoms with Crippen LogP contribution in [0.5, 0.6) is 5.75 Å². The molecule has 0 aliphatic heterocycles. The normalized spacial score (nSPS) is 11.3. The van der Waals surface area contributed by atoms with Crippen LogP contribution in [0, 0.1) is 0 Å². The van der Waals surface area contributed by atoms with Crippen molar-refractivity contribution in [3.8, 4) is 5.75 Å². The van der Waals surface area contributed by atoms with Gasteiger partial charge in [-0.25, -0.2) is 4.98 Å². The molecule has 0 spiro atoms. The van der Waals surface area contributed by atoms with Crippen molar-refractivity contribution in [2.45, 2.75) is 5.03 Å². The molecule has 2 rings (SSSR count). The van der Waals surface area contributed by atoms with Gasteiger partial charge >= 0.3 is 0 Å². The van der Waals surface area contributed by atoms with E-state index in [2.05, 4.69) is 9.71 Å². The van der Waals surface area contributed by atoms with Crippen molar-refractivity contribution in [3.63, 3.8) is 0 Å². The summed E-state index contributed by atoms with van der Waals surface area (Å²) in [6.07, 6.45) is 1.33. The largest absolute Gasteiger partial charge is 0.495 e. The van der Waals surface area contributed by atoms with Gasteiger partial charge < -0.3 is 9.30 Å². The Morgan fingerprint density at radius 2 is 2.05 bits per heavy atom. The van der Waals surface area contributed by atoms with E-state index in [1.807, 2.05) is 0 Å². The molecule has 0 aliphatic rings. The number of ether oxygens (including phenoxy) is 1. The second-order valence-corrected chi connectivity index (χ2v) is 5.71. The lowest BCUT2D eigenvalue weighted by molar-refractivity contribution is 0.417. The SMILES string of the molecule is COc1ccccc1NS(=O)(=O)c1ncn(C)c1Cl. The van der Waals surface area contributed by atoms with Crippen molar-refractivity contribution in [2.75, 3.05) is 11.8 Å². The average molecular weight is 302 g/mol. The second-order valence-electron chi connectivity index (χ2n) is 3.76. The van der Waals surface area contributed by atoms with Gasteiger partial charge in [0.25, 0.3) is 10.0 Å². The van der Waals surface area contributed by atoms with Crippen LogP contribution in [-0.2, 0) is 17.1 Å². The standard InChI is InChI=1S/C11H12ClN3O3S/c1-15-7-13-11(10(15)12)19(16,17)14-8-5-3-4-6-9(8)18-2/h3-7,14H,1-2H3. The molecule has 6 nitrogen and oxygen atoms in total. The zero-order chi connectivity index (χ0) is 14.0. The molecule has 1 heterocycles. The Morgan fingerprint density at radius 1 is 1.37 bits per heavy atom. The lowest BCUT2D eigenvalue weighted by Crippen LogP contribution is -2.14. The number of hydrogen-bond donors (Lipinski definition) is 1. The third-order valence-electron chi connectivity index (χ3n) is 2.44. The van der Waals surface area contributed by atoms with Crippen LogP contribution in [-0.4, -0.2) is 25.1 Å². The fourth-order valence-corrected chi connectivity index (χ4v) is 3.00. The molecule has 0 saturated heterocycles. The number of benzene rings is 1. The Bertz CT molecular complexity index is 697. The fraction of sp³-hybridized carbons (Fsp3) is 0.182. The van der Waals surface area contributed by atoms with Gasteiger partial charge in [0.05, 0.1) is 19.1 Å². The highest BCUT2D eigenvalue weighted by Gasteiger charge is 2.23. The van der Waals surface area contributed by atoms with Crippen LogP contribution in [0.25, 0.3) is 0 Å². The maximum Gasteiger partial charge on any atom is 0.282 e. The molecular formula is C11H12ClN3O3S. The van der Waals surface area contributed by atoms with Gasteiger partial charge in [0.1, 0.15) is 10.9 Å². The van der Waals surface area contributed by atoms with E-state index in [0.29, 0.717) is 11.4 Å². The van der Waals surface area contributed by atoms with Crippen molar-refractivity contribution in [2.24, 2.45) is 7.05 Å². The van der Waals surface area contributed by atoms with Crippen molar-refractivity contribution in [1.82, 2.24) is 9.55 Å². The van der Waals surface area contributed by atoms with Crippen LogP contribution in [0.1, 0.15) is 0 Å². The van der Waals surface area contributed by atoms with E-state index in [0.717, 1.165) is 0 Å². The minimum atomic E-state index is -3.85. The highest BCUT2D eigenvalue weighted by atomic mass is 35.5. The molecule has 0 atom stereocenters. The number of aryl methyl sites for hydroxylation is 1. The Kier molecular flexibility index (Phi) is 3.68. The predicted octanol–water partition coefficient (Wildman–Crippen LogP) is 1.88. The zero-order valence-corrected chi connectivity index (χ0v) is 11.9. The predicted molar refractivity (Wildman–Crippen MR) is 72.0 cm³/mol. The first kappa shape index (κ1) is 13.7. The van der Waals surface area contributed by atoms with Crippen molar-refractivity contribution in [3.05, 3.63) is 35.7 Å². The molecule has 102 valence electrons. The van der Waals surface area contributed by atoms with E-state index in [-0.39, 0.29) is 10.2 Å². The van der Waals surface area contributed by atoms with Gasteiger partial charge in [0.2, 0.25) is 5.03 Å². The van der Waals surface area contributed by atoms with Crippen LogP contribution >= 0.6 is 11.6 Å². The number of halogens is 1. The molecule has 0 bridgehead atoms. The number of anilines is 1. The topological polar surface area (TPSA) is 73.2 Å². The number of nitrogens with one attached hydrogen (secondary N) is 1. The molecule has 1 N–H and O–H groups in total. The van der Waals surface area contributed by atoms with E-state index in [1.165, 1.54) is 18.0 Å². The Morgan fingerprint density at radius 3 is 2.63 bits per heavy atom. The number of para-hydroxylation sites is 2. The second kappa shape index (κ2) is 5.10. The lowest BCUT2D eigenvalue weighted by atomic mass is 10.3. The number of hydrogen-bond acceptors (Lipinski definition) is 4. The first-order valence-electron chi connectivity index (χ1n) is 5.28. The summed E-state index contributed by atoms with van der Waals surface area (Å²) in [5, 5.41) is -0.176. The summed E-state index contributed by atoms with van der Waals surface area (Å²) in [5.41, 5.74) is 0.326. The fourth-order valence-electron chi connectivity index (χ4n) is 1.50. The van der Waals surface area contributed by atoms with Crippen LogP contribution in [0.4, 0.5) is 5.69 Å². The van der Waals surface area contributed by atoms with E-state index in [1.54, 1.807) is 31.3 Å². The lowest BCUT2D eigenvalue weighted by Gasteiger charge is -2.10. The van der Waals surface area contributed by atoms with Crippen LogP contribution in [0.15, 0.2) is 35.6 Å². The molecule has 2 aromatic rings.